The predicted octanol–water partition coefficient (Wildman–Crippen LogP) is 2.05. The maximum Gasteiger partial charge on any atom is 0.323 e. The quantitative estimate of drug-likeness (QED) is 0.602. The zero-order valence-electron chi connectivity index (χ0n) is 12.8. The van der Waals surface area contributed by atoms with E-state index in [0.29, 0.717) is 18.9 Å². The molecule has 0 spiro atoms. The Labute approximate surface area is 122 Å². The molecule has 1 aliphatic heterocycles. The van der Waals surface area contributed by atoms with Gasteiger partial charge in [-0.05, 0) is 51.5 Å². The maximum absolute atomic E-state index is 11.3. The molecule has 0 bridgehead atoms. The first kappa shape index (κ1) is 17.4. The standard InChI is InChI=1S/C15H29NO4/c1-3-8-16-15(2,14(17)18)7-4-9-20-12-13-5-10-19-11-6-13/h13,16H,3-12H2,1-2H3,(H,17,18). The molecule has 1 unspecified atom stereocenters. The number of hydrogen-bond donors (Lipinski definition) is 2. The molecule has 0 aromatic carbocycles. The van der Waals surface area contributed by atoms with Gasteiger partial charge < -0.3 is 19.9 Å². The Morgan fingerprint density at radius 2 is 2.15 bits per heavy atom. The summed E-state index contributed by atoms with van der Waals surface area (Å²) in [4.78, 5) is 11.3. The number of carboxylic acids is 1. The minimum absolute atomic E-state index is 0.593. The smallest absolute Gasteiger partial charge is 0.323 e. The van der Waals surface area contributed by atoms with Crippen molar-refractivity contribution in [1.82, 2.24) is 5.32 Å². The van der Waals surface area contributed by atoms with E-state index in [9.17, 15) is 9.90 Å². The summed E-state index contributed by atoms with van der Waals surface area (Å²) in [5.74, 6) is -0.178. The van der Waals surface area contributed by atoms with E-state index in [1.54, 1.807) is 6.92 Å². The Bertz CT molecular complexity index is 279. The maximum atomic E-state index is 11.3. The monoisotopic (exact) mass is 287 g/mol. The highest BCUT2D eigenvalue weighted by Gasteiger charge is 2.31. The Kier molecular flexibility index (Phi) is 8.11. The molecule has 20 heavy (non-hydrogen) atoms. The average molecular weight is 287 g/mol. The molecule has 2 N–H and O–H groups in total. The van der Waals surface area contributed by atoms with Crippen LogP contribution in [0, 0.1) is 5.92 Å². The number of ether oxygens (including phenoxy) is 2. The second kappa shape index (κ2) is 9.32. The van der Waals surface area contributed by atoms with E-state index in [2.05, 4.69) is 5.32 Å². The molecule has 0 aliphatic carbocycles. The molecule has 0 radical (unpaired) electrons. The van der Waals surface area contributed by atoms with Crippen molar-refractivity contribution in [2.75, 3.05) is 33.0 Å². The molecule has 118 valence electrons. The molecular weight excluding hydrogens is 258 g/mol. The molecule has 0 aromatic heterocycles. The predicted molar refractivity (Wildman–Crippen MR) is 77.9 cm³/mol. The van der Waals surface area contributed by atoms with Crippen LogP contribution >= 0.6 is 0 Å². The van der Waals surface area contributed by atoms with Gasteiger partial charge in [-0.25, -0.2) is 0 Å². The fraction of sp³-hybridized carbons (Fsp3) is 0.933. The van der Waals surface area contributed by atoms with E-state index in [0.717, 1.165) is 52.0 Å². The van der Waals surface area contributed by atoms with Crippen LogP contribution in [-0.4, -0.2) is 49.6 Å². The molecule has 1 atom stereocenters. The summed E-state index contributed by atoms with van der Waals surface area (Å²) in [7, 11) is 0. The van der Waals surface area contributed by atoms with Crippen LogP contribution in [0.25, 0.3) is 0 Å². The molecule has 1 fully saturated rings. The van der Waals surface area contributed by atoms with Gasteiger partial charge in [0.05, 0.1) is 0 Å². The number of nitrogens with one attached hydrogen (secondary N) is 1. The lowest BCUT2D eigenvalue weighted by molar-refractivity contribution is -0.144. The summed E-state index contributed by atoms with van der Waals surface area (Å²) in [5, 5.41) is 12.4. The highest BCUT2D eigenvalue weighted by Crippen LogP contribution is 2.16. The normalized spacial score (nSPS) is 19.7. The van der Waals surface area contributed by atoms with Crippen molar-refractivity contribution in [1.29, 1.82) is 0 Å². The molecule has 5 nitrogen and oxygen atoms in total. The third-order valence-electron chi connectivity index (χ3n) is 3.90. The van der Waals surface area contributed by atoms with Crippen LogP contribution in [-0.2, 0) is 14.3 Å². The topological polar surface area (TPSA) is 67.8 Å². The Morgan fingerprint density at radius 3 is 2.75 bits per heavy atom. The Balaban J connectivity index is 2.15. The summed E-state index contributed by atoms with van der Waals surface area (Å²) in [5.41, 5.74) is -0.835. The Morgan fingerprint density at radius 1 is 1.45 bits per heavy atom. The van der Waals surface area contributed by atoms with E-state index in [1.165, 1.54) is 0 Å². The number of hydrogen-bond acceptors (Lipinski definition) is 4. The van der Waals surface area contributed by atoms with Crippen LogP contribution in [0.1, 0.15) is 46.0 Å². The van der Waals surface area contributed by atoms with Gasteiger partial charge in [-0.1, -0.05) is 6.92 Å². The summed E-state index contributed by atoms with van der Waals surface area (Å²) in [6, 6.07) is 0. The minimum Gasteiger partial charge on any atom is -0.480 e. The van der Waals surface area contributed by atoms with Gasteiger partial charge in [0.2, 0.25) is 0 Å². The molecule has 1 saturated heterocycles. The van der Waals surface area contributed by atoms with Crippen molar-refractivity contribution in [3.8, 4) is 0 Å². The fourth-order valence-electron chi connectivity index (χ4n) is 2.36. The highest BCUT2D eigenvalue weighted by atomic mass is 16.5. The van der Waals surface area contributed by atoms with Gasteiger partial charge in [0.1, 0.15) is 5.54 Å². The number of carbonyl (C=O) groups is 1. The van der Waals surface area contributed by atoms with E-state index in [4.69, 9.17) is 9.47 Å². The zero-order chi connectivity index (χ0) is 14.8. The van der Waals surface area contributed by atoms with Crippen LogP contribution in [0.15, 0.2) is 0 Å². The van der Waals surface area contributed by atoms with Gasteiger partial charge in [0.25, 0.3) is 0 Å². The van der Waals surface area contributed by atoms with E-state index >= 15 is 0 Å². The van der Waals surface area contributed by atoms with Crippen molar-refractivity contribution in [2.24, 2.45) is 5.92 Å². The molecule has 1 aliphatic rings. The summed E-state index contributed by atoms with van der Waals surface area (Å²) >= 11 is 0. The lowest BCUT2D eigenvalue weighted by atomic mass is 9.96. The third-order valence-corrected chi connectivity index (χ3v) is 3.90. The number of rotatable bonds is 10. The number of carboxylic acid groups (broad SMARTS) is 1. The molecule has 0 aromatic rings. The molecular formula is C15H29NO4. The highest BCUT2D eigenvalue weighted by molar-refractivity contribution is 5.78. The van der Waals surface area contributed by atoms with Gasteiger partial charge in [-0.15, -0.1) is 0 Å². The molecule has 1 heterocycles. The molecule has 5 heteroatoms. The molecule has 0 amide bonds. The van der Waals surface area contributed by atoms with Crippen molar-refractivity contribution in [3.05, 3.63) is 0 Å². The first-order chi connectivity index (χ1) is 9.58. The van der Waals surface area contributed by atoms with Crippen molar-refractivity contribution in [3.63, 3.8) is 0 Å². The van der Waals surface area contributed by atoms with Crippen molar-refractivity contribution < 1.29 is 19.4 Å². The molecule has 1 rings (SSSR count). The van der Waals surface area contributed by atoms with Crippen LogP contribution in [0.4, 0.5) is 0 Å². The van der Waals surface area contributed by atoms with Crippen molar-refractivity contribution >= 4 is 5.97 Å². The zero-order valence-corrected chi connectivity index (χ0v) is 12.8. The van der Waals surface area contributed by atoms with E-state index < -0.39 is 11.5 Å². The van der Waals surface area contributed by atoms with E-state index in [1.807, 2.05) is 6.92 Å². The summed E-state index contributed by atoms with van der Waals surface area (Å²) in [6.45, 7) is 7.60. The first-order valence-corrected chi connectivity index (χ1v) is 7.72. The largest absolute Gasteiger partial charge is 0.480 e. The van der Waals surface area contributed by atoms with Crippen LogP contribution in [0.5, 0.6) is 0 Å². The SMILES string of the molecule is CCCNC(C)(CCCOCC1CCOCC1)C(=O)O. The van der Waals surface area contributed by atoms with Crippen LogP contribution in [0.3, 0.4) is 0 Å². The van der Waals surface area contributed by atoms with Crippen LogP contribution < -0.4 is 5.32 Å². The average Bonchev–Trinajstić information content (AvgIpc) is 2.45. The van der Waals surface area contributed by atoms with E-state index in [-0.39, 0.29) is 0 Å². The lowest BCUT2D eigenvalue weighted by Gasteiger charge is -2.26. The van der Waals surface area contributed by atoms with Gasteiger partial charge in [-0.3, -0.25) is 4.79 Å². The third kappa shape index (κ3) is 6.20. The second-order valence-electron chi connectivity index (χ2n) is 5.80. The Hall–Kier alpha value is -0.650. The van der Waals surface area contributed by atoms with Gasteiger partial charge in [0.15, 0.2) is 0 Å². The first-order valence-electron chi connectivity index (χ1n) is 7.72. The summed E-state index contributed by atoms with van der Waals surface area (Å²) in [6.07, 6.45) is 4.44. The summed E-state index contributed by atoms with van der Waals surface area (Å²) < 4.78 is 11.0. The van der Waals surface area contributed by atoms with Crippen LogP contribution in [0.2, 0.25) is 0 Å². The van der Waals surface area contributed by atoms with Gasteiger partial charge >= 0.3 is 5.97 Å². The second-order valence-corrected chi connectivity index (χ2v) is 5.80. The minimum atomic E-state index is -0.835. The number of aliphatic carboxylic acids is 1. The molecule has 0 saturated carbocycles. The van der Waals surface area contributed by atoms with Crippen molar-refractivity contribution in [2.45, 2.75) is 51.5 Å². The fourth-order valence-corrected chi connectivity index (χ4v) is 2.36. The van der Waals surface area contributed by atoms with Gasteiger partial charge in [-0.2, -0.15) is 0 Å². The van der Waals surface area contributed by atoms with Gasteiger partial charge in [0, 0.05) is 26.4 Å². The lowest BCUT2D eigenvalue weighted by Crippen LogP contribution is -2.49.